The third-order valence-corrected chi connectivity index (χ3v) is 3.50. The molecule has 0 fully saturated rings. The number of methoxy groups -OCH3 is 2. The number of phenols is 1. The number of rotatable bonds is 5. The van der Waals surface area contributed by atoms with Crippen molar-refractivity contribution in [3.63, 3.8) is 0 Å². The van der Waals surface area contributed by atoms with Crippen LogP contribution in [0.4, 0.5) is 11.4 Å². The highest BCUT2D eigenvalue weighted by Crippen LogP contribution is 2.35. The maximum atomic E-state index is 10.9. The van der Waals surface area contributed by atoms with Crippen molar-refractivity contribution in [2.75, 3.05) is 14.2 Å². The van der Waals surface area contributed by atoms with Gasteiger partial charge in [-0.3, -0.25) is 15.1 Å². The fourth-order valence-electron chi connectivity index (χ4n) is 1.87. The van der Waals surface area contributed by atoms with Gasteiger partial charge in [0.25, 0.3) is 5.69 Å². The minimum atomic E-state index is -0.570. The molecule has 0 saturated heterocycles. The molecule has 0 aliphatic carbocycles. The van der Waals surface area contributed by atoms with Gasteiger partial charge in [-0.2, -0.15) is 0 Å². The minimum Gasteiger partial charge on any atom is -0.504 e. The van der Waals surface area contributed by atoms with E-state index >= 15 is 0 Å². The molecule has 0 aliphatic heterocycles. The van der Waals surface area contributed by atoms with Gasteiger partial charge in [-0.15, -0.1) is 0 Å². The fraction of sp³-hybridized carbons (Fsp3) is 0.133. The Labute approximate surface area is 140 Å². The van der Waals surface area contributed by atoms with Crippen LogP contribution in [0, 0.1) is 10.1 Å². The zero-order chi connectivity index (χ0) is 17.0. The first kappa shape index (κ1) is 16.8. The molecule has 2 aromatic rings. The van der Waals surface area contributed by atoms with Crippen LogP contribution >= 0.6 is 15.9 Å². The zero-order valence-electron chi connectivity index (χ0n) is 12.3. The SMILES string of the molecule is COc1cc(Br)ccc1N=Cc1cc([N+](=O)[O-])cc(OC)c1O. The summed E-state index contributed by atoms with van der Waals surface area (Å²) in [4.78, 5) is 14.6. The van der Waals surface area contributed by atoms with E-state index in [9.17, 15) is 15.2 Å². The van der Waals surface area contributed by atoms with Gasteiger partial charge in [0.15, 0.2) is 11.5 Å². The van der Waals surface area contributed by atoms with Gasteiger partial charge in [0.05, 0.1) is 25.2 Å². The van der Waals surface area contributed by atoms with Gasteiger partial charge in [-0.1, -0.05) is 15.9 Å². The molecule has 0 bridgehead atoms. The summed E-state index contributed by atoms with van der Waals surface area (Å²) in [7, 11) is 2.83. The maximum absolute atomic E-state index is 10.9. The average Bonchev–Trinajstić information content (AvgIpc) is 2.54. The maximum Gasteiger partial charge on any atom is 0.274 e. The van der Waals surface area contributed by atoms with Gasteiger partial charge in [0.1, 0.15) is 11.4 Å². The van der Waals surface area contributed by atoms with Gasteiger partial charge >= 0.3 is 0 Å². The van der Waals surface area contributed by atoms with Gasteiger partial charge in [-0.25, -0.2) is 0 Å². The average molecular weight is 381 g/mol. The number of phenolic OH excluding ortho intramolecular Hbond substituents is 1. The number of hydrogen-bond acceptors (Lipinski definition) is 6. The topological polar surface area (TPSA) is 94.2 Å². The van der Waals surface area contributed by atoms with Crippen molar-refractivity contribution in [1.29, 1.82) is 0 Å². The molecule has 23 heavy (non-hydrogen) atoms. The lowest BCUT2D eigenvalue weighted by molar-refractivity contribution is -0.385. The first-order chi connectivity index (χ1) is 11.0. The van der Waals surface area contributed by atoms with E-state index in [4.69, 9.17) is 9.47 Å². The highest BCUT2D eigenvalue weighted by atomic mass is 79.9. The van der Waals surface area contributed by atoms with E-state index in [1.807, 2.05) is 0 Å². The molecule has 7 nitrogen and oxygen atoms in total. The van der Waals surface area contributed by atoms with Crippen LogP contribution in [0.3, 0.4) is 0 Å². The number of halogens is 1. The van der Waals surface area contributed by atoms with E-state index in [0.29, 0.717) is 11.4 Å². The fourth-order valence-corrected chi connectivity index (χ4v) is 2.21. The Kier molecular flexibility index (Phi) is 5.17. The molecule has 0 aromatic heterocycles. The predicted molar refractivity (Wildman–Crippen MR) is 89.3 cm³/mol. The first-order valence-electron chi connectivity index (χ1n) is 6.39. The standard InChI is InChI=1S/C15H13BrN2O5/c1-22-13-6-10(16)3-4-12(13)17-8-9-5-11(18(20)21)7-14(23-2)15(9)19/h3-8,19H,1-2H3. The van der Waals surface area contributed by atoms with Crippen molar-refractivity contribution >= 4 is 33.5 Å². The first-order valence-corrected chi connectivity index (χ1v) is 7.18. The van der Waals surface area contributed by atoms with Crippen molar-refractivity contribution < 1.29 is 19.5 Å². The van der Waals surface area contributed by atoms with Gasteiger partial charge in [0, 0.05) is 22.3 Å². The molecule has 0 amide bonds. The molecule has 2 aromatic carbocycles. The summed E-state index contributed by atoms with van der Waals surface area (Å²) in [6, 6.07) is 7.59. The predicted octanol–water partition coefficient (Wildman–Crippen LogP) is 3.83. The molecular formula is C15H13BrN2O5. The molecule has 0 radical (unpaired) electrons. The Morgan fingerprint density at radius 1 is 1.22 bits per heavy atom. The molecule has 0 unspecified atom stereocenters. The molecule has 1 N–H and O–H groups in total. The number of nitro groups is 1. The van der Waals surface area contributed by atoms with Crippen molar-refractivity contribution in [3.05, 3.63) is 50.5 Å². The van der Waals surface area contributed by atoms with E-state index in [1.54, 1.807) is 18.2 Å². The van der Waals surface area contributed by atoms with Crippen molar-refractivity contribution in [1.82, 2.24) is 0 Å². The van der Waals surface area contributed by atoms with E-state index in [0.717, 1.165) is 10.5 Å². The second kappa shape index (κ2) is 7.10. The largest absolute Gasteiger partial charge is 0.504 e. The Morgan fingerprint density at radius 3 is 2.52 bits per heavy atom. The van der Waals surface area contributed by atoms with Crippen LogP contribution in [0.15, 0.2) is 39.8 Å². The Morgan fingerprint density at radius 2 is 1.91 bits per heavy atom. The smallest absolute Gasteiger partial charge is 0.274 e. The van der Waals surface area contributed by atoms with Crippen LogP contribution in [0.25, 0.3) is 0 Å². The molecule has 0 spiro atoms. The number of non-ortho nitro benzene ring substituents is 1. The summed E-state index contributed by atoms with van der Waals surface area (Å²) in [6.07, 6.45) is 1.32. The Hall–Kier alpha value is -2.61. The van der Waals surface area contributed by atoms with Gasteiger partial charge in [0.2, 0.25) is 0 Å². The van der Waals surface area contributed by atoms with Crippen LogP contribution in [0.2, 0.25) is 0 Å². The highest BCUT2D eigenvalue weighted by molar-refractivity contribution is 9.10. The zero-order valence-corrected chi connectivity index (χ0v) is 13.9. The molecule has 0 heterocycles. The number of nitro benzene ring substituents is 1. The second-order valence-electron chi connectivity index (χ2n) is 4.42. The van der Waals surface area contributed by atoms with Crippen LogP contribution < -0.4 is 9.47 Å². The van der Waals surface area contributed by atoms with Crippen LogP contribution in [-0.2, 0) is 0 Å². The van der Waals surface area contributed by atoms with Crippen molar-refractivity contribution in [3.8, 4) is 17.2 Å². The molecule has 0 atom stereocenters. The van der Waals surface area contributed by atoms with E-state index in [1.165, 1.54) is 26.5 Å². The molecular weight excluding hydrogens is 368 g/mol. The third-order valence-electron chi connectivity index (χ3n) is 3.00. The third kappa shape index (κ3) is 3.78. The number of benzene rings is 2. The minimum absolute atomic E-state index is 0.00317. The summed E-state index contributed by atoms with van der Waals surface area (Å²) in [5, 5.41) is 21.0. The summed E-state index contributed by atoms with van der Waals surface area (Å²) in [6.45, 7) is 0. The molecule has 2 rings (SSSR count). The van der Waals surface area contributed by atoms with Crippen LogP contribution in [0.1, 0.15) is 5.56 Å². The van der Waals surface area contributed by atoms with Crippen LogP contribution in [-0.4, -0.2) is 30.5 Å². The summed E-state index contributed by atoms with van der Waals surface area (Å²) < 4.78 is 11.0. The Balaban J connectivity index is 2.47. The highest BCUT2D eigenvalue weighted by Gasteiger charge is 2.15. The number of ether oxygens (including phenoxy) is 2. The van der Waals surface area contributed by atoms with Gasteiger partial charge in [-0.05, 0) is 18.2 Å². The normalized spacial score (nSPS) is 10.7. The van der Waals surface area contributed by atoms with E-state index in [-0.39, 0.29) is 22.7 Å². The number of hydrogen-bond donors (Lipinski definition) is 1. The van der Waals surface area contributed by atoms with E-state index in [2.05, 4.69) is 20.9 Å². The summed E-state index contributed by atoms with van der Waals surface area (Å²) >= 11 is 3.33. The molecule has 8 heteroatoms. The molecule has 120 valence electrons. The van der Waals surface area contributed by atoms with Crippen LogP contribution in [0.5, 0.6) is 17.2 Å². The summed E-state index contributed by atoms with van der Waals surface area (Å²) in [5.41, 5.74) is 0.477. The van der Waals surface area contributed by atoms with Crippen molar-refractivity contribution in [2.24, 2.45) is 4.99 Å². The molecule has 0 aliphatic rings. The van der Waals surface area contributed by atoms with Gasteiger partial charge < -0.3 is 14.6 Å². The Bertz CT molecular complexity index is 777. The number of aliphatic imine (C=N–C) groups is 1. The monoisotopic (exact) mass is 380 g/mol. The lowest BCUT2D eigenvalue weighted by Crippen LogP contribution is -1.94. The number of nitrogens with zero attached hydrogens (tertiary/aromatic N) is 2. The quantitative estimate of drug-likeness (QED) is 0.483. The van der Waals surface area contributed by atoms with Crippen molar-refractivity contribution in [2.45, 2.75) is 0 Å². The second-order valence-corrected chi connectivity index (χ2v) is 5.33. The van der Waals surface area contributed by atoms with E-state index < -0.39 is 4.92 Å². The number of aromatic hydroxyl groups is 1. The lowest BCUT2D eigenvalue weighted by atomic mass is 10.1. The molecule has 0 saturated carbocycles. The lowest BCUT2D eigenvalue weighted by Gasteiger charge is -2.07. The summed E-state index contributed by atoms with van der Waals surface area (Å²) in [5.74, 6) is 0.300.